The number of carbonyl (C=O) groups excluding carboxylic acids is 1. The lowest BCUT2D eigenvalue weighted by Crippen LogP contribution is -2.20. The summed E-state index contributed by atoms with van der Waals surface area (Å²) in [6.07, 6.45) is 0. The first-order valence-corrected chi connectivity index (χ1v) is 10.6. The van der Waals surface area contributed by atoms with E-state index in [1.54, 1.807) is 6.92 Å². The van der Waals surface area contributed by atoms with E-state index in [-0.39, 0.29) is 17.4 Å². The van der Waals surface area contributed by atoms with Gasteiger partial charge in [0.15, 0.2) is 0 Å². The maximum Gasteiger partial charge on any atom is 0.302 e. The largest absolute Gasteiger partial charge is 0.465 e. The van der Waals surface area contributed by atoms with E-state index >= 15 is 0 Å². The van der Waals surface area contributed by atoms with Crippen LogP contribution in [0.5, 0.6) is 0 Å². The van der Waals surface area contributed by atoms with Crippen LogP contribution in [0.2, 0.25) is 0 Å². The Morgan fingerprint density at radius 2 is 1.50 bits per heavy atom. The highest BCUT2D eigenvalue weighted by Crippen LogP contribution is 2.41. The van der Waals surface area contributed by atoms with Crippen molar-refractivity contribution in [1.29, 1.82) is 0 Å². The molecular formula is C17H15FO6S2. The summed E-state index contributed by atoms with van der Waals surface area (Å²) >= 11 is 0. The monoisotopic (exact) mass is 398 g/mol. The maximum absolute atomic E-state index is 13.5. The summed E-state index contributed by atoms with van der Waals surface area (Å²) in [6.45, 7) is 2.98. The Kier molecular flexibility index (Phi) is 4.40. The molecule has 138 valence electrons. The average molecular weight is 398 g/mol. The molecule has 0 amide bonds. The van der Waals surface area contributed by atoms with E-state index in [0.29, 0.717) is 11.6 Å². The summed E-state index contributed by atoms with van der Waals surface area (Å²) in [4.78, 5) is 9.18. The molecule has 26 heavy (non-hydrogen) atoms. The van der Waals surface area contributed by atoms with Crippen molar-refractivity contribution < 1.29 is 30.8 Å². The molecule has 0 saturated heterocycles. The van der Waals surface area contributed by atoms with Gasteiger partial charge in [-0.2, -0.15) is 0 Å². The van der Waals surface area contributed by atoms with Crippen LogP contribution in [0.4, 0.5) is 4.39 Å². The van der Waals surface area contributed by atoms with Crippen molar-refractivity contribution in [3.05, 3.63) is 47.8 Å². The van der Waals surface area contributed by atoms with Crippen LogP contribution in [0.1, 0.15) is 25.3 Å². The summed E-state index contributed by atoms with van der Waals surface area (Å²) < 4.78 is 69.6. The summed E-state index contributed by atoms with van der Waals surface area (Å²) in [5, 5.41) is 0. The van der Waals surface area contributed by atoms with Gasteiger partial charge in [-0.1, -0.05) is 13.0 Å². The van der Waals surface area contributed by atoms with Crippen molar-refractivity contribution >= 4 is 25.6 Å². The van der Waals surface area contributed by atoms with E-state index in [9.17, 15) is 26.0 Å². The first kappa shape index (κ1) is 18.5. The molecule has 0 N–H and O–H groups in total. The molecule has 0 saturated carbocycles. The smallest absolute Gasteiger partial charge is 0.302 e. The topological polar surface area (TPSA) is 94.6 Å². The molecule has 1 aliphatic heterocycles. The van der Waals surface area contributed by atoms with Crippen molar-refractivity contribution in [2.24, 2.45) is 0 Å². The average Bonchev–Trinajstić information content (AvgIpc) is 2.57. The molecule has 1 heterocycles. The Morgan fingerprint density at radius 1 is 0.962 bits per heavy atom. The molecule has 2 aromatic carbocycles. The Hall–Kier alpha value is -2.26. The minimum absolute atomic E-state index is 0.0200. The second kappa shape index (κ2) is 6.17. The van der Waals surface area contributed by atoms with E-state index in [0.717, 1.165) is 12.1 Å². The SMILES string of the molecule is CC(=O)OCC(C)c1ccc2c(c1)S(=O)(=O)c1cc(F)ccc1S2(=O)=O. The van der Waals surface area contributed by atoms with Crippen molar-refractivity contribution in [1.82, 2.24) is 0 Å². The van der Waals surface area contributed by atoms with Gasteiger partial charge in [0.05, 0.1) is 26.2 Å². The third-order valence-corrected chi connectivity index (χ3v) is 8.10. The fraction of sp³-hybridized carbons (Fsp3) is 0.235. The zero-order valence-electron chi connectivity index (χ0n) is 13.9. The molecular weight excluding hydrogens is 383 g/mol. The summed E-state index contributed by atoms with van der Waals surface area (Å²) in [5.74, 6) is -1.67. The second-order valence-electron chi connectivity index (χ2n) is 6.01. The standard InChI is InChI=1S/C17H15FO6S2/c1-10(9-24-11(2)19)12-3-5-14-16(7-12)26(22,23)17-8-13(18)4-6-15(17)25(14,20)21/h3-8,10H,9H2,1-2H3. The maximum atomic E-state index is 13.5. The molecule has 0 bridgehead atoms. The number of hydrogen-bond acceptors (Lipinski definition) is 6. The number of halogens is 1. The van der Waals surface area contributed by atoms with Gasteiger partial charge in [-0.15, -0.1) is 0 Å². The quantitative estimate of drug-likeness (QED) is 0.497. The molecule has 0 spiro atoms. The van der Waals surface area contributed by atoms with Crippen LogP contribution in [0.25, 0.3) is 0 Å². The van der Waals surface area contributed by atoms with E-state index in [1.165, 1.54) is 25.1 Å². The Balaban J connectivity index is 2.19. The number of rotatable bonds is 3. The highest BCUT2D eigenvalue weighted by Gasteiger charge is 2.39. The predicted molar refractivity (Wildman–Crippen MR) is 88.8 cm³/mol. The van der Waals surface area contributed by atoms with Gasteiger partial charge in [0.1, 0.15) is 5.82 Å². The fourth-order valence-corrected chi connectivity index (χ4v) is 6.91. The van der Waals surface area contributed by atoms with Crippen molar-refractivity contribution in [3.8, 4) is 0 Å². The van der Waals surface area contributed by atoms with Gasteiger partial charge in [0.2, 0.25) is 19.7 Å². The van der Waals surface area contributed by atoms with Crippen LogP contribution in [-0.4, -0.2) is 29.4 Å². The molecule has 2 aromatic rings. The zero-order chi connectivity index (χ0) is 19.3. The van der Waals surface area contributed by atoms with Gasteiger partial charge in [0, 0.05) is 12.8 Å². The Labute approximate surface area is 150 Å². The third-order valence-electron chi connectivity index (χ3n) is 4.14. The van der Waals surface area contributed by atoms with Crippen molar-refractivity contribution in [3.63, 3.8) is 0 Å². The molecule has 6 nitrogen and oxygen atoms in total. The van der Waals surface area contributed by atoms with Crippen LogP contribution in [0.15, 0.2) is 56.0 Å². The molecule has 1 unspecified atom stereocenters. The number of carbonyl (C=O) groups is 1. The van der Waals surface area contributed by atoms with E-state index in [1.807, 2.05) is 0 Å². The van der Waals surface area contributed by atoms with Crippen LogP contribution in [0.3, 0.4) is 0 Å². The number of ether oxygens (including phenoxy) is 1. The first-order chi connectivity index (χ1) is 12.0. The van der Waals surface area contributed by atoms with Crippen LogP contribution in [0, 0.1) is 5.82 Å². The van der Waals surface area contributed by atoms with Gasteiger partial charge in [0.25, 0.3) is 0 Å². The molecule has 0 aliphatic carbocycles. The molecule has 9 heteroatoms. The molecule has 1 aliphatic rings. The van der Waals surface area contributed by atoms with Gasteiger partial charge in [-0.3, -0.25) is 4.79 Å². The number of fused-ring (bicyclic) bond motifs is 2. The summed E-state index contributed by atoms with van der Waals surface area (Å²) in [5.41, 5.74) is 0.489. The third kappa shape index (κ3) is 2.90. The molecule has 1 atom stereocenters. The highest BCUT2D eigenvalue weighted by atomic mass is 32.2. The number of benzene rings is 2. The number of esters is 1. The van der Waals surface area contributed by atoms with Gasteiger partial charge in [-0.25, -0.2) is 21.2 Å². The van der Waals surface area contributed by atoms with Crippen molar-refractivity contribution in [2.75, 3.05) is 6.61 Å². The lowest BCUT2D eigenvalue weighted by Gasteiger charge is -2.22. The molecule has 3 rings (SSSR count). The zero-order valence-corrected chi connectivity index (χ0v) is 15.5. The molecule has 0 radical (unpaired) electrons. The number of hydrogen-bond donors (Lipinski definition) is 0. The predicted octanol–water partition coefficient (Wildman–Crippen LogP) is 2.47. The molecule has 0 fully saturated rings. The van der Waals surface area contributed by atoms with Gasteiger partial charge < -0.3 is 4.74 Å². The van der Waals surface area contributed by atoms with Gasteiger partial charge in [-0.05, 0) is 35.9 Å². The Bertz CT molecular complexity index is 1120. The second-order valence-corrected chi connectivity index (χ2v) is 9.78. The lowest BCUT2D eigenvalue weighted by molar-refractivity contribution is -0.141. The number of sulfone groups is 2. The minimum atomic E-state index is -4.21. The molecule has 0 aromatic heterocycles. The van der Waals surface area contributed by atoms with Crippen LogP contribution >= 0.6 is 0 Å². The van der Waals surface area contributed by atoms with Gasteiger partial charge >= 0.3 is 5.97 Å². The summed E-state index contributed by atoms with van der Waals surface area (Å²) in [6, 6.07) is 6.51. The highest BCUT2D eigenvalue weighted by molar-refractivity contribution is 7.97. The summed E-state index contributed by atoms with van der Waals surface area (Å²) in [7, 11) is -8.30. The fourth-order valence-electron chi connectivity index (χ4n) is 2.75. The van der Waals surface area contributed by atoms with E-state index < -0.39 is 46.1 Å². The minimum Gasteiger partial charge on any atom is -0.465 e. The van der Waals surface area contributed by atoms with E-state index in [4.69, 9.17) is 4.74 Å². The normalized spacial score (nSPS) is 17.7. The Morgan fingerprint density at radius 3 is 2.12 bits per heavy atom. The van der Waals surface area contributed by atoms with E-state index in [2.05, 4.69) is 0 Å². The lowest BCUT2D eigenvalue weighted by atomic mass is 10.0. The van der Waals surface area contributed by atoms with Crippen LogP contribution in [-0.2, 0) is 29.2 Å². The van der Waals surface area contributed by atoms with Crippen molar-refractivity contribution in [2.45, 2.75) is 39.3 Å². The first-order valence-electron chi connectivity index (χ1n) is 7.62. The van der Waals surface area contributed by atoms with Crippen LogP contribution < -0.4 is 0 Å².